The van der Waals surface area contributed by atoms with E-state index in [9.17, 15) is 19.2 Å². The number of carbonyl (C=O) groups excluding carboxylic acids is 1. The topological polar surface area (TPSA) is 114 Å². The number of unbranched alkanes of at least 4 members (excludes halogenated alkanes) is 5. The van der Waals surface area contributed by atoms with Crippen LogP contribution in [0.4, 0.5) is 0 Å². The SMILES string of the molecule is CCCCCCCCOC(=O)C(C)n1c(=O)[nH]c(=O)[nH]c1=O. The molecule has 1 heterocycles. The molecular weight excluding hydrogens is 290 g/mol. The molecule has 0 aromatic carbocycles. The summed E-state index contributed by atoms with van der Waals surface area (Å²) in [4.78, 5) is 49.7. The van der Waals surface area contributed by atoms with Crippen molar-refractivity contribution in [1.82, 2.24) is 14.5 Å². The van der Waals surface area contributed by atoms with Gasteiger partial charge in [0, 0.05) is 0 Å². The number of aromatic amines is 2. The predicted octanol–water partition coefficient (Wildman–Crippen LogP) is 0.690. The quantitative estimate of drug-likeness (QED) is 0.514. The van der Waals surface area contributed by atoms with Crippen molar-refractivity contribution >= 4 is 5.97 Å². The van der Waals surface area contributed by atoms with Gasteiger partial charge >= 0.3 is 23.0 Å². The van der Waals surface area contributed by atoms with Crippen LogP contribution in [0.15, 0.2) is 14.4 Å². The highest BCUT2D eigenvalue weighted by Gasteiger charge is 2.20. The van der Waals surface area contributed by atoms with Gasteiger partial charge in [0.2, 0.25) is 0 Å². The second-order valence-corrected chi connectivity index (χ2v) is 5.17. The van der Waals surface area contributed by atoms with Crippen molar-refractivity contribution in [3.8, 4) is 0 Å². The molecule has 2 N–H and O–H groups in total. The van der Waals surface area contributed by atoms with Crippen LogP contribution in [0.1, 0.15) is 58.4 Å². The predicted molar refractivity (Wildman–Crippen MR) is 81.0 cm³/mol. The molecule has 0 spiro atoms. The summed E-state index contributed by atoms with van der Waals surface area (Å²) < 4.78 is 5.69. The van der Waals surface area contributed by atoms with Gasteiger partial charge in [0.15, 0.2) is 0 Å². The highest BCUT2D eigenvalue weighted by atomic mass is 16.5. The van der Waals surface area contributed by atoms with Gasteiger partial charge in [-0.15, -0.1) is 0 Å². The fraction of sp³-hybridized carbons (Fsp3) is 0.714. The van der Waals surface area contributed by atoms with E-state index in [0.29, 0.717) is 4.57 Å². The maximum atomic E-state index is 11.8. The second-order valence-electron chi connectivity index (χ2n) is 5.17. The van der Waals surface area contributed by atoms with Crippen molar-refractivity contribution in [3.63, 3.8) is 0 Å². The Morgan fingerprint density at radius 2 is 1.59 bits per heavy atom. The van der Waals surface area contributed by atoms with E-state index in [2.05, 4.69) is 6.92 Å². The largest absolute Gasteiger partial charge is 0.464 e. The molecule has 0 aliphatic carbocycles. The van der Waals surface area contributed by atoms with Crippen molar-refractivity contribution in [2.75, 3.05) is 6.61 Å². The van der Waals surface area contributed by atoms with Crippen molar-refractivity contribution < 1.29 is 9.53 Å². The Morgan fingerprint density at radius 3 is 2.18 bits per heavy atom. The van der Waals surface area contributed by atoms with Crippen molar-refractivity contribution in [1.29, 1.82) is 0 Å². The molecule has 1 atom stereocenters. The maximum absolute atomic E-state index is 11.8. The van der Waals surface area contributed by atoms with Gasteiger partial charge in [-0.25, -0.2) is 23.7 Å². The van der Waals surface area contributed by atoms with Crippen LogP contribution in [-0.2, 0) is 9.53 Å². The van der Waals surface area contributed by atoms with Crippen LogP contribution in [0.25, 0.3) is 0 Å². The second kappa shape index (κ2) is 9.01. The first kappa shape index (κ1) is 17.9. The molecule has 1 aromatic rings. The van der Waals surface area contributed by atoms with Crippen LogP contribution in [0.2, 0.25) is 0 Å². The normalized spacial score (nSPS) is 12.1. The van der Waals surface area contributed by atoms with E-state index < -0.39 is 29.1 Å². The van der Waals surface area contributed by atoms with Gasteiger partial charge in [-0.1, -0.05) is 39.0 Å². The monoisotopic (exact) mass is 313 g/mol. The third-order valence-corrected chi connectivity index (χ3v) is 3.35. The Balaban J connectivity index is 2.48. The smallest absolute Gasteiger partial charge is 0.334 e. The molecule has 1 rings (SSSR count). The minimum absolute atomic E-state index is 0.255. The zero-order chi connectivity index (χ0) is 16.5. The number of esters is 1. The number of ether oxygens (including phenoxy) is 1. The summed E-state index contributed by atoms with van der Waals surface area (Å²) >= 11 is 0. The average Bonchev–Trinajstić information content (AvgIpc) is 2.44. The van der Waals surface area contributed by atoms with Crippen molar-refractivity contribution in [2.45, 2.75) is 58.4 Å². The fourth-order valence-electron chi connectivity index (χ4n) is 2.07. The summed E-state index contributed by atoms with van der Waals surface area (Å²) in [7, 11) is 0. The van der Waals surface area contributed by atoms with E-state index in [1.165, 1.54) is 26.2 Å². The van der Waals surface area contributed by atoms with Gasteiger partial charge in [-0.2, -0.15) is 0 Å². The molecule has 1 aromatic heterocycles. The molecule has 124 valence electrons. The first-order valence-corrected chi connectivity index (χ1v) is 7.59. The first-order valence-electron chi connectivity index (χ1n) is 7.59. The first-order chi connectivity index (χ1) is 10.5. The van der Waals surface area contributed by atoms with E-state index in [4.69, 9.17) is 4.74 Å². The molecule has 0 aliphatic heterocycles. The minimum Gasteiger partial charge on any atom is -0.464 e. The van der Waals surface area contributed by atoms with Crippen LogP contribution < -0.4 is 17.1 Å². The zero-order valence-electron chi connectivity index (χ0n) is 13.0. The number of rotatable bonds is 9. The standard InChI is InChI=1S/C14H23N3O5/c1-3-4-5-6-7-8-9-22-11(18)10(2)17-13(20)15-12(19)16-14(17)21/h10H,3-9H2,1-2H3,(H2,15,16,19,20,21). The molecule has 0 saturated heterocycles. The number of aromatic nitrogens is 3. The summed E-state index contributed by atoms with van der Waals surface area (Å²) in [6.07, 6.45) is 6.37. The molecule has 0 aliphatic rings. The number of hydrogen-bond acceptors (Lipinski definition) is 5. The van der Waals surface area contributed by atoms with Crippen LogP contribution in [-0.4, -0.2) is 27.1 Å². The van der Waals surface area contributed by atoms with E-state index in [1.807, 2.05) is 9.97 Å². The molecule has 0 fully saturated rings. The maximum Gasteiger partial charge on any atom is 0.334 e. The number of nitrogens with one attached hydrogen (secondary N) is 2. The summed E-state index contributed by atoms with van der Waals surface area (Å²) in [5, 5.41) is 0. The zero-order valence-corrected chi connectivity index (χ0v) is 13.0. The molecule has 0 amide bonds. The molecule has 0 bridgehead atoms. The Morgan fingerprint density at radius 1 is 1.05 bits per heavy atom. The lowest BCUT2D eigenvalue weighted by atomic mass is 10.1. The third kappa shape index (κ3) is 5.34. The van der Waals surface area contributed by atoms with Crippen LogP contribution in [0, 0.1) is 0 Å². The van der Waals surface area contributed by atoms with E-state index in [0.717, 1.165) is 19.3 Å². The number of hydrogen-bond donors (Lipinski definition) is 2. The third-order valence-electron chi connectivity index (χ3n) is 3.35. The molecule has 0 radical (unpaired) electrons. The van der Waals surface area contributed by atoms with Crippen LogP contribution in [0.3, 0.4) is 0 Å². The van der Waals surface area contributed by atoms with E-state index >= 15 is 0 Å². The highest BCUT2D eigenvalue weighted by molar-refractivity contribution is 5.73. The molecule has 8 nitrogen and oxygen atoms in total. The van der Waals surface area contributed by atoms with Gasteiger partial charge in [-0.05, 0) is 13.3 Å². The van der Waals surface area contributed by atoms with Gasteiger partial charge in [-0.3, -0.25) is 9.97 Å². The summed E-state index contributed by atoms with van der Waals surface area (Å²) in [6.45, 7) is 3.77. The summed E-state index contributed by atoms with van der Waals surface area (Å²) in [5.41, 5.74) is -2.77. The van der Waals surface area contributed by atoms with Gasteiger partial charge in [0.25, 0.3) is 0 Å². The molecule has 8 heteroatoms. The average molecular weight is 313 g/mol. The van der Waals surface area contributed by atoms with Crippen molar-refractivity contribution in [2.24, 2.45) is 0 Å². The van der Waals surface area contributed by atoms with Gasteiger partial charge < -0.3 is 4.74 Å². The summed E-state index contributed by atoms with van der Waals surface area (Å²) in [5.74, 6) is -0.673. The molecule has 0 saturated carbocycles. The minimum atomic E-state index is -1.09. The Hall–Kier alpha value is -2.12. The van der Waals surface area contributed by atoms with E-state index in [1.54, 1.807) is 0 Å². The van der Waals surface area contributed by atoms with Crippen LogP contribution in [0.5, 0.6) is 0 Å². The number of nitrogens with zero attached hydrogens (tertiary/aromatic N) is 1. The number of carbonyl (C=O) groups is 1. The van der Waals surface area contributed by atoms with Gasteiger partial charge in [0.1, 0.15) is 6.04 Å². The lowest BCUT2D eigenvalue weighted by Gasteiger charge is -2.12. The summed E-state index contributed by atoms with van der Waals surface area (Å²) in [6, 6.07) is -1.09. The number of H-pyrrole nitrogens is 2. The Bertz CT molecular complexity index is 609. The lowest BCUT2D eigenvalue weighted by molar-refractivity contribution is -0.147. The van der Waals surface area contributed by atoms with Crippen LogP contribution >= 0.6 is 0 Å². The highest BCUT2D eigenvalue weighted by Crippen LogP contribution is 2.06. The Labute approximate surface area is 127 Å². The van der Waals surface area contributed by atoms with E-state index in [-0.39, 0.29) is 6.61 Å². The molecular formula is C14H23N3O5. The molecule has 1 unspecified atom stereocenters. The van der Waals surface area contributed by atoms with Gasteiger partial charge in [0.05, 0.1) is 6.61 Å². The Kier molecular flexibility index (Phi) is 7.34. The molecule has 22 heavy (non-hydrogen) atoms. The lowest BCUT2D eigenvalue weighted by Crippen LogP contribution is -2.46. The fourth-order valence-corrected chi connectivity index (χ4v) is 2.07. The van der Waals surface area contributed by atoms with Crippen molar-refractivity contribution in [3.05, 3.63) is 31.5 Å².